The van der Waals surface area contributed by atoms with Gasteiger partial charge in [0.25, 0.3) is 0 Å². The molecule has 1 aromatic rings. The van der Waals surface area contributed by atoms with Gasteiger partial charge in [-0.05, 0) is 36.5 Å². The number of carbonyl (C=O) groups is 1. The highest BCUT2D eigenvalue weighted by Gasteiger charge is 2.47. The Kier molecular flexibility index (Phi) is 2.86. The van der Waals surface area contributed by atoms with E-state index in [1.807, 2.05) is 24.3 Å². The first-order valence-electron chi connectivity index (χ1n) is 6.55. The van der Waals surface area contributed by atoms with Gasteiger partial charge >= 0.3 is 0 Å². The Morgan fingerprint density at radius 3 is 2.50 bits per heavy atom. The second-order valence-electron chi connectivity index (χ2n) is 5.40. The zero-order chi connectivity index (χ0) is 12.7. The van der Waals surface area contributed by atoms with E-state index in [1.165, 1.54) is 0 Å². The number of ether oxygens (including phenoxy) is 1. The zero-order valence-corrected chi connectivity index (χ0v) is 10.5. The maximum Gasteiger partial charge on any atom is 0.138 e. The van der Waals surface area contributed by atoms with Crippen LogP contribution in [-0.4, -0.2) is 24.1 Å². The first-order chi connectivity index (χ1) is 8.70. The van der Waals surface area contributed by atoms with Crippen LogP contribution in [0.1, 0.15) is 30.7 Å². The van der Waals surface area contributed by atoms with Crippen LogP contribution < -0.4 is 4.74 Å². The molecule has 4 atom stereocenters. The first kappa shape index (κ1) is 11.7. The van der Waals surface area contributed by atoms with Crippen LogP contribution in [0.3, 0.4) is 0 Å². The van der Waals surface area contributed by atoms with Crippen molar-refractivity contribution in [2.45, 2.75) is 31.3 Å². The summed E-state index contributed by atoms with van der Waals surface area (Å²) < 4.78 is 5.15. The van der Waals surface area contributed by atoms with Gasteiger partial charge in [-0.2, -0.15) is 0 Å². The average Bonchev–Trinajstić information content (AvgIpc) is 2.39. The van der Waals surface area contributed by atoms with Crippen LogP contribution in [0.4, 0.5) is 0 Å². The van der Waals surface area contributed by atoms with Gasteiger partial charge in [-0.15, -0.1) is 0 Å². The van der Waals surface area contributed by atoms with Crippen molar-refractivity contribution in [1.29, 1.82) is 0 Å². The summed E-state index contributed by atoms with van der Waals surface area (Å²) in [5.41, 5.74) is 1.13. The van der Waals surface area contributed by atoms with E-state index in [0.717, 1.165) is 24.2 Å². The summed E-state index contributed by atoms with van der Waals surface area (Å²) >= 11 is 0. The standard InChI is InChI=1S/C15H18O3/c1-18-11-5-2-9(3-6-11)14-10-4-7-12(15(14)17)13(16)8-10/h2-3,5-6,10,12,14-15,17H,4,7-8H2,1H3/t10-,12+,14-,15-/m0/s1. The summed E-state index contributed by atoms with van der Waals surface area (Å²) in [6.07, 6.45) is 2.05. The minimum atomic E-state index is -0.501. The maximum atomic E-state index is 11.8. The van der Waals surface area contributed by atoms with Crippen molar-refractivity contribution in [3.8, 4) is 5.75 Å². The lowest BCUT2D eigenvalue weighted by atomic mass is 9.60. The molecule has 4 rings (SSSR count). The quantitative estimate of drug-likeness (QED) is 0.869. The van der Waals surface area contributed by atoms with E-state index in [0.29, 0.717) is 12.3 Å². The lowest BCUT2D eigenvalue weighted by Crippen LogP contribution is -2.47. The highest BCUT2D eigenvalue weighted by molar-refractivity contribution is 5.84. The number of rotatable bonds is 2. The summed E-state index contributed by atoms with van der Waals surface area (Å²) in [5.74, 6) is 1.37. The van der Waals surface area contributed by atoms with Crippen LogP contribution in [0, 0.1) is 11.8 Å². The van der Waals surface area contributed by atoms with E-state index in [2.05, 4.69) is 0 Å². The molecule has 3 saturated carbocycles. The van der Waals surface area contributed by atoms with E-state index in [4.69, 9.17) is 4.74 Å². The summed E-state index contributed by atoms with van der Waals surface area (Å²) in [5, 5.41) is 10.4. The van der Waals surface area contributed by atoms with Crippen molar-refractivity contribution in [2.24, 2.45) is 11.8 Å². The van der Waals surface area contributed by atoms with Crippen LogP contribution in [-0.2, 0) is 4.79 Å². The molecule has 1 aromatic carbocycles. The molecule has 0 radical (unpaired) electrons. The fraction of sp³-hybridized carbons (Fsp3) is 0.533. The minimum Gasteiger partial charge on any atom is -0.497 e. The second kappa shape index (κ2) is 4.39. The van der Waals surface area contributed by atoms with E-state index in [1.54, 1.807) is 7.11 Å². The number of hydrogen-bond acceptors (Lipinski definition) is 3. The van der Waals surface area contributed by atoms with Crippen molar-refractivity contribution < 1.29 is 14.6 Å². The van der Waals surface area contributed by atoms with E-state index < -0.39 is 6.10 Å². The summed E-state index contributed by atoms with van der Waals surface area (Å²) in [6.45, 7) is 0. The molecule has 0 aliphatic heterocycles. The van der Waals surface area contributed by atoms with Gasteiger partial charge in [0.2, 0.25) is 0 Å². The molecule has 1 N–H and O–H groups in total. The summed E-state index contributed by atoms with van der Waals surface area (Å²) in [4.78, 5) is 11.8. The Hall–Kier alpha value is -1.35. The fourth-order valence-electron chi connectivity index (χ4n) is 3.56. The van der Waals surface area contributed by atoms with E-state index in [-0.39, 0.29) is 17.6 Å². The van der Waals surface area contributed by atoms with Gasteiger partial charge in [-0.25, -0.2) is 0 Å². The van der Waals surface area contributed by atoms with Gasteiger partial charge in [0.1, 0.15) is 11.5 Å². The molecule has 0 spiro atoms. The molecule has 0 saturated heterocycles. The molecule has 0 heterocycles. The Labute approximate surface area is 107 Å². The topological polar surface area (TPSA) is 46.5 Å². The molecule has 3 aliphatic rings. The highest BCUT2D eigenvalue weighted by Crippen LogP contribution is 2.48. The Morgan fingerprint density at radius 2 is 1.94 bits per heavy atom. The Bertz CT molecular complexity index is 449. The second-order valence-corrected chi connectivity index (χ2v) is 5.40. The molecule has 18 heavy (non-hydrogen) atoms. The molecule has 2 bridgehead atoms. The van der Waals surface area contributed by atoms with E-state index in [9.17, 15) is 9.90 Å². The van der Waals surface area contributed by atoms with Crippen molar-refractivity contribution in [1.82, 2.24) is 0 Å². The van der Waals surface area contributed by atoms with Crippen molar-refractivity contribution in [2.75, 3.05) is 7.11 Å². The SMILES string of the molecule is COc1ccc([C@H]2[C@H]3CC[C@H](C(=O)C3)[C@@H]2O)cc1. The third kappa shape index (κ3) is 1.74. The normalized spacial score (nSPS) is 34.7. The number of aliphatic hydroxyl groups excluding tert-OH is 1. The molecule has 0 unspecified atom stereocenters. The number of ketones is 1. The van der Waals surface area contributed by atoms with Gasteiger partial charge in [-0.1, -0.05) is 12.1 Å². The van der Waals surface area contributed by atoms with E-state index >= 15 is 0 Å². The van der Waals surface area contributed by atoms with Gasteiger partial charge in [0.15, 0.2) is 0 Å². The third-order valence-electron chi connectivity index (χ3n) is 4.51. The number of Topliss-reactive ketones (excluding diaryl/α,β-unsaturated/α-hetero) is 1. The maximum absolute atomic E-state index is 11.8. The first-order valence-corrected chi connectivity index (χ1v) is 6.55. The highest BCUT2D eigenvalue weighted by atomic mass is 16.5. The molecule has 3 fully saturated rings. The van der Waals surface area contributed by atoms with Crippen molar-refractivity contribution in [3.05, 3.63) is 29.8 Å². The number of carbonyl (C=O) groups excluding carboxylic acids is 1. The van der Waals surface area contributed by atoms with Crippen LogP contribution >= 0.6 is 0 Å². The monoisotopic (exact) mass is 246 g/mol. The van der Waals surface area contributed by atoms with Crippen molar-refractivity contribution in [3.63, 3.8) is 0 Å². The lowest BCUT2D eigenvalue weighted by Gasteiger charge is -2.45. The molecule has 0 aromatic heterocycles. The number of methoxy groups -OCH3 is 1. The summed E-state index contributed by atoms with van der Waals surface area (Å²) in [7, 11) is 1.64. The smallest absolute Gasteiger partial charge is 0.138 e. The van der Waals surface area contributed by atoms with Crippen LogP contribution in [0.5, 0.6) is 5.75 Å². The Balaban J connectivity index is 1.89. The Morgan fingerprint density at radius 1 is 1.22 bits per heavy atom. The van der Waals surface area contributed by atoms with Crippen molar-refractivity contribution >= 4 is 5.78 Å². The van der Waals surface area contributed by atoms with Crippen LogP contribution in [0.2, 0.25) is 0 Å². The lowest BCUT2D eigenvalue weighted by molar-refractivity contribution is -0.138. The third-order valence-corrected chi connectivity index (χ3v) is 4.51. The fourth-order valence-corrected chi connectivity index (χ4v) is 3.56. The van der Waals surface area contributed by atoms with Gasteiger partial charge < -0.3 is 9.84 Å². The molecule has 96 valence electrons. The van der Waals surface area contributed by atoms with Crippen LogP contribution in [0.15, 0.2) is 24.3 Å². The molecule has 3 aliphatic carbocycles. The molecule has 3 heteroatoms. The van der Waals surface area contributed by atoms with Gasteiger partial charge in [-0.3, -0.25) is 4.79 Å². The predicted octanol–water partition coefficient (Wildman–Crippen LogP) is 2.14. The number of benzene rings is 1. The molecular weight excluding hydrogens is 228 g/mol. The molecule has 0 amide bonds. The molecular formula is C15H18O3. The number of fused-ring (bicyclic) bond motifs is 3. The minimum absolute atomic E-state index is 0.118. The van der Waals surface area contributed by atoms with Gasteiger partial charge in [0.05, 0.1) is 13.2 Å². The summed E-state index contributed by atoms with van der Waals surface area (Å²) in [6, 6.07) is 7.87. The predicted molar refractivity (Wildman–Crippen MR) is 67.6 cm³/mol. The van der Waals surface area contributed by atoms with Gasteiger partial charge in [0, 0.05) is 18.3 Å². The van der Waals surface area contributed by atoms with Crippen LogP contribution in [0.25, 0.3) is 0 Å². The number of hydrogen-bond donors (Lipinski definition) is 1. The zero-order valence-electron chi connectivity index (χ0n) is 10.5. The largest absolute Gasteiger partial charge is 0.497 e. The molecule has 3 nitrogen and oxygen atoms in total. The number of aliphatic hydroxyl groups is 1. The average molecular weight is 246 g/mol.